The van der Waals surface area contributed by atoms with E-state index >= 15 is 0 Å². The van der Waals surface area contributed by atoms with Crippen LogP contribution in [0.5, 0.6) is 11.5 Å². The minimum absolute atomic E-state index is 0.0251. The third-order valence-electron chi connectivity index (χ3n) is 5.30. The van der Waals surface area contributed by atoms with Crippen molar-refractivity contribution in [2.24, 2.45) is 0 Å². The van der Waals surface area contributed by atoms with Crippen LogP contribution < -0.4 is 9.47 Å². The number of methoxy groups -OCH3 is 4. The Balaban J connectivity index is 2.11. The highest BCUT2D eigenvalue weighted by atomic mass is 79.9. The highest BCUT2D eigenvalue weighted by Crippen LogP contribution is 2.43. The van der Waals surface area contributed by atoms with Gasteiger partial charge in [-0.2, -0.15) is 0 Å². The number of carbonyl (C=O) groups excluding carboxylic acids is 2. The van der Waals surface area contributed by atoms with Gasteiger partial charge in [0.1, 0.15) is 0 Å². The van der Waals surface area contributed by atoms with Gasteiger partial charge in [-0.15, -0.1) is 0 Å². The smallest absolute Gasteiger partial charge is 0.336 e. The van der Waals surface area contributed by atoms with Gasteiger partial charge in [0.2, 0.25) is 0 Å². The number of halogens is 1. The van der Waals surface area contributed by atoms with Gasteiger partial charge in [0, 0.05) is 25.6 Å². The summed E-state index contributed by atoms with van der Waals surface area (Å²) in [6.07, 6.45) is 5.34. The first-order valence-electron chi connectivity index (χ1n) is 9.82. The second kappa shape index (κ2) is 10.2. The zero-order valence-electron chi connectivity index (χ0n) is 18.0. The normalized spacial score (nSPS) is 18.9. The van der Waals surface area contributed by atoms with E-state index in [9.17, 15) is 9.59 Å². The number of hydrogen-bond donors (Lipinski definition) is 0. The van der Waals surface area contributed by atoms with Crippen LogP contribution in [-0.4, -0.2) is 64.5 Å². The standard InChI is InChI=1S/C22H26BrNO7/c1-27-18-9-13(8-17(23)20(18)28-2)19-15(21(25)29-3)11-24(10-14-6-5-7-31-14)12-16(19)22(26)30-4/h8-9,11-12,14,19H,5-7,10H2,1-4H3/t14-/m1/s1. The molecule has 1 atom stereocenters. The summed E-state index contributed by atoms with van der Waals surface area (Å²) >= 11 is 3.48. The molecule has 0 aromatic heterocycles. The fourth-order valence-corrected chi connectivity index (χ4v) is 4.50. The third-order valence-corrected chi connectivity index (χ3v) is 5.89. The second-order valence-corrected chi connectivity index (χ2v) is 8.01. The SMILES string of the molecule is COC(=O)C1=CN(C[C@H]2CCCO2)C=C(C(=O)OC)C1c1cc(Br)c(OC)c(OC)c1. The molecule has 31 heavy (non-hydrogen) atoms. The van der Waals surface area contributed by atoms with E-state index in [-0.39, 0.29) is 6.10 Å². The monoisotopic (exact) mass is 495 g/mol. The van der Waals surface area contributed by atoms with Gasteiger partial charge in [0.15, 0.2) is 11.5 Å². The van der Waals surface area contributed by atoms with E-state index in [1.807, 2.05) is 0 Å². The number of hydrogen-bond acceptors (Lipinski definition) is 8. The fraction of sp³-hybridized carbons (Fsp3) is 0.455. The number of rotatable bonds is 7. The molecule has 2 heterocycles. The van der Waals surface area contributed by atoms with Crippen molar-refractivity contribution in [3.63, 3.8) is 0 Å². The van der Waals surface area contributed by atoms with E-state index in [1.165, 1.54) is 28.4 Å². The lowest BCUT2D eigenvalue weighted by Crippen LogP contribution is -2.32. The summed E-state index contributed by atoms with van der Waals surface area (Å²) in [5.41, 5.74) is 1.26. The van der Waals surface area contributed by atoms with Crippen LogP contribution >= 0.6 is 15.9 Å². The Morgan fingerprint density at radius 1 is 1.06 bits per heavy atom. The van der Waals surface area contributed by atoms with Gasteiger partial charge < -0.3 is 28.6 Å². The van der Waals surface area contributed by atoms with Gasteiger partial charge >= 0.3 is 11.9 Å². The number of ether oxygens (including phenoxy) is 5. The maximum absolute atomic E-state index is 12.8. The molecule has 0 amide bonds. The molecule has 0 N–H and O–H groups in total. The van der Waals surface area contributed by atoms with Gasteiger partial charge in [-0.3, -0.25) is 0 Å². The summed E-state index contributed by atoms with van der Waals surface area (Å²) < 4.78 is 27.3. The Morgan fingerprint density at radius 2 is 1.71 bits per heavy atom. The molecular formula is C22H26BrNO7. The lowest BCUT2D eigenvalue weighted by atomic mass is 9.83. The summed E-state index contributed by atoms with van der Waals surface area (Å²) in [5, 5.41) is 0. The minimum Gasteiger partial charge on any atom is -0.493 e. The van der Waals surface area contributed by atoms with Crippen molar-refractivity contribution in [3.05, 3.63) is 45.7 Å². The van der Waals surface area contributed by atoms with Crippen LogP contribution in [-0.2, 0) is 23.8 Å². The summed E-state index contributed by atoms with van der Waals surface area (Å²) in [6.45, 7) is 1.23. The summed E-state index contributed by atoms with van der Waals surface area (Å²) in [6, 6.07) is 3.52. The maximum Gasteiger partial charge on any atom is 0.336 e. The molecule has 1 aromatic carbocycles. The number of benzene rings is 1. The molecule has 9 heteroatoms. The van der Waals surface area contributed by atoms with E-state index in [4.69, 9.17) is 23.7 Å². The molecule has 168 valence electrons. The minimum atomic E-state index is -0.711. The molecule has 0 saturated carbocycles. The van der Waals surface area contributed by atoms with Crippen LogP contribution in [0.1, 0.15) is 24.3 Å². The van der Waals surface area contributed by atoms with E-state index in [2.05, 4.69) is 15.9 Å². The average molecular weight is 496 g/mol. The van der Waals surface area contributed by atoms with Crippen LogP contribution in [0.15, 0.2) is 40.2 Å². The van der Waals surface area contributed by atoms with E-state index < -0.39 is 17.9 Å². The lowest BCUT2D eigenvalue weighted by molar-refractivity contribution is -0.137. The van der Waals surface area contributed by atoms with Gasteiger partial charge in [-0.05, 0) is 46.5 Å². The Morgan fingerprint density at radius 3 is 2.19 bits per heavy atom. The summed E-state index contributed by atoms with van der Waals surface area (Å²) in [4.78, 5) is 27.3. The van der Waals surface area contributed by atoms with Crippen molar-refractivity contribution in [1.82, 2.24) is 4.90 Å². The molecule has 1 fully saturated rings. The van der Waals surface area contributed by atoms with Crippen molar-refractivity contribution in [1.29, 1.82) is 0 Å². The van der Waals surface area contributed by atoms with Crippen LogP contribution in [0, 0.1) is 0 Å². The summed E-state index contributed by atoms with van der Waals surface area (Å²) in [7, 11) is 5.68. The molecule has 0 unspecified atom stereocenters. The zero-order valence-corrected chi connectivity index (χ0v) is 19.6. The highest BCUT2D eigenvalue weighted by molar-refractivity contribution is 9.10. The predicted octanol–water partition coefficient (Wildman–Crippen LogP) is 3.16. The Kier molecular flexibility index (Phi) is 7.61. The average Bonchev–Trinajstić information content (AvgIpc) is 3.29. The van der Waals surface area contributed by atoms with Crippen LogP contribution in [0.2, 0.25) is 0 Å². The quantitative estimate of drug-likeness (QED) is 0.533. The van der Waals surface area contributed by atoms with Crippen LogP contribution in [0.25, 0.3) is 0 Å². The van der Waals surface area contributed by atoms with E-state index in [0.29, 0.717) is 45.8 Å². The van der Waals surface area contributed by atoms with Crippen LogP contribution in [0.3, 0.4) is 0 Å². The fourth-order valence-electron chi connectivity index (χ4n) is 3.88. The molecule has 0 radical (unpaired) electrons. The van der Waals surface area contributed by atoms with Gasteiger partial charge in [0.05, 0.1) is 56.1 Å². The zero-order chi connectivity index (χ0) is 22.5. The number of carbonyl (C=O) groups is 2. The molecule has 0 bridgehead atoms. The molecule has 8 nitrogen and oxygen atoms in total. The molecular weight excluding hydrogens is 470 g/mol. The van der Waals surface area contributed by atoms with Gasteiger partial charge in [0.25, 0.3) is 0 Å². The van der Waals surface area contributed by atoms with Gasteiger partial charge in [-0.1, -0.05) is 0 Å². The van der Waals surface area contributed by atoms with Crippen molar-refractivity contribution >= 4 is 27.9 Å². The number of esters is 2. The third kappa shape index (κ3) is 4.88. The molecule has 0 spiro atoms. The van der Waals surface area contributed by atoms with E-state index in [1.54, 1.807) is 29.4 Å². The van der Waals surface area contributed by atoms with E-state index in [0.717, 1.165) is 12.8 Å². The van der Waals surface area contributed by atoms with Crippen molar-refractivity contribution in [2.75, 3.05) is 41.6 Å². The predicted molar refractivity (Wildman–Crippen MR) is 116 cm³/mol. The largest absolute Gasteiger partial charge is 0.493 e. The molecule has 0 aliphatic carbocycles. The first-order chi connectivity index (χ1) is 14.9. The molecule has 2 aliphatic heterocycles. The number of nitrogens with zero attached hydrogens (tertiary/aromatic N) is 1. The van der Waals surface area contributed by atoms with Crippen molar-refractivity contribution in [3.8, 4) is 11.5 Å². The highest BCUT2D eigenvalue weighted by Gasteiger charge is 2.36. The Hall–Kier alpha value is -2.52. The molecule has 1 saturated heterocycles. The molecule has 3 rings (SSSR count). The topological polar surface area (TPSA) is 83.5 Å². The Labute approximate surface area is 189 Å². The second-order valence-electron chi connectivity index (χ2n) is 7.16. The van der Waals surface area contributed by atoms with Crippen LogP contribution in [0.4, 0.5) is 0 Å². The summed E-state index contributed by atoms with van der Waals surface area (Å²) in [5.74, 6) is -0.821. The van der Waals surface area contributed by atoms with Crippen molar-refractivity contribution < 1.29 is 33.3 Å². The first-order valence-corrected chi connectivity index (χ1v) is 10.6. The lowest BCUT2D eigenvalue weighted by Gasteiger charge is -2.31. The Bertz CT molecular complexity index is 871. The first kappa shape index (κ1) is 23.1. The maximum atomic E-state index is 12.8. The van der Waals surface area contributed by atoms with Gasteiger partial charge in [-0.25, -0.2) is 9.59 Å². The molecule has 1 aromatic rings. The molecule has 2 aliphatic rings. The van der Waals surface area contributed by atoms with Crippen molar-refractivity contribution in [2.45, 2.75) is 24.9 Å².